The van der Waals surface area contributed by atoms with Crippen LogP contribution < -0.4 is 14.8 Å². The predicted molar refractivity (Wildman–Crippen MR) is 89.4 cm³/mol. The van der Waals surface area contributed by atoms with Crippen molar-refractivity contribution in [2.45, 2.75) is 18.4 Å². The van der Waals surface area contributed by atoms with E-state index in [1.54, 1.807) is 0 Å². The van der Waals surface area contributed by atoms with E-state index in [9.17, 15) is 22.4 Å². The summed E-state index contributed by atoms with van der Waals surface area (Å²) < 4.78 is 62.8. The first-order valence-corrected chi connectivity index (χ1v) is 7.97. The predicted octanol–water partition coefficient (Wildman–Crippen LogP) is 4.57. The summed E-state index contributed by atoms with van der Waals surface area (Å²) in [6, 6.07) is 7.89. The summed E-state index contributed by atoms with van der Waals surface area (Å²) in [6.45, 7) is 3.08. The summed E-state index contributed by atoms with van der Waals surface area (Å²) in [6.07, 6.45) is -4.81. The molecule has 4 nitrogen and oxygen atoms in total. The van der Waals surface area contributed by atoms with Crippen LogP contribution in [0.25, 0.3) is 0 Å². The average molecular weight is 381 g/mol. The molecular formula is C19H15F4NO3. The van der Waals surface area contributed by atoms with Crippen molar-refractivity contribution in [1.29, 1.82) is 0 Å². The fraction of sp³-hybridized carbons (Fsp3) is 0.211. The quantitative estimate of drug-likeness (QED) is 0.623. The Balaban J connectivity index is 1.79. The number of carbonyl (C=O) groups is 1. The van der Waals surface area contributed by atoms with Gasteiger partial charge in [0, 0.05) is 11.6 Å². The molecule has 0 fully saturated rings. The monoisotopic (exact) mass is 381 g/mol. The number of halogens is 4. The molecule has 1 amide bonds. The Hall–Kier alpha value is -3.03. The van der Waals surface area contributed by atoms with Gasteiger partial charge in [0.1, 0.15) is 23.9 Å². The molecule has 2 atom stereocenters. The topological polar surface area (TPSA) is 47.6 Å². The highest BCUT2D eigenvalue weighted by Gasteiger charge is 2.32. The van der Waals surface area contributed by atoms with Gasteiger partial charge in [0.15, 0.2) is 6.17 Å². The smallest absolute Gasteiger partial charge is 0.416 e. The lowest BCUT2D eigenvalue weighted by atomic mass is 9.99. The Kier molecular flexibility index (Phi) is 5.07. The van der Waals surface area contributed by atoms with E-state index in [1.165, 1.54) is 30.3 Å². The van der Waals surface area contributed by atoms with Gasteiger partial charge in [-0.1, -0.05) is 6.58 Å². The largest absolute Gasteiger partial charge is 0.490 e. The minimum Gasteiger partial charge on any atom is -0.490 e. The van der Waals surface area contributed by atoms with Crippen molar-refractivity contribution in [2.24, 2.45) is 0 Å². The minimum absolute atomic E-state index is 0.207. The Bertz CT molecular complexity index is 849. The first-order valence-electron chi connectivity index (χ1n) is 7.97. The number of fused-ring (bicyclic) bond motifs is 1. The molecule has 0 aliphatic carbocycles. The molecule has 1 aliphatic rings. The molecule has 3 rings (SSSR count). The number of nitrogens with one attached hydrogen (secondary N) is 1. The van der Waals surface area contributed by atoms with Crippen LogP contribution in [0, 0.1) is 0 Å². The molecule has 8 heteroatoms. The third-order valence-corrected chi connectivity index (χ3v) is 3.98. The van der Waals surface area contributed by atoms with Gasteiger partial charge in [-0.3, -0.25) is 4.79 Å². The molecular weight excluding hydrogens is 366 g/mol. The van der Waals surface area contributed by atoms with Crippen molar-refractivity contribution in [1.82, 2.24) is 5.32 Å². The van der Waals surface area contributed by atoms with Crippen molar-refractivity contribution in [3.05, 3.63) is 66.2 Å². The van der Waals surface area contributed by atoms with Crippen LogP contribution in [0.15, 0.2) is 55.1 Å². The summed E-state index contributed by atoms with van der Waals surface area (Å²) in [4.78, 5) is 11.5. The van der Waals surface area contributed by atoms with E-state index in [4.69, 9.17) is 9.47 Å². The molecule has 1 aliphatic heterocycles. The Morgan fingerprint density at radius 2 is 1.85 bits per heavy atom. The lowest BCUT2D eigenvalue weighted by Gasteiger charge is -2.29. The second kappa shape index (κ2) is 7.30. The van der Waals surface area contributed by atoms with Crippen molar-refractivity contribution in [3.63, 3.8) is 0 Å². The van der Waals surface area contributed by atoms with Crippen LogP contribution in [-0.2, 0) is 11.0 Å². The summed E-state index contributed by atoms with van der Waals surface area (Å²) in [7, 11) is 0. The van der Waals surface area contributed by atoms with Crippen LogP contribution in [0.3, 0.4) is 0 Å². The molecule has 2 aromatic carbocycles. The van der Waals surface area contributed by atoms with Gasteiger partial charge in [0.2, 0.25) is 5.91 Å². The number of carbonyl (C=O) groups excluding carboxylic acids is 1. The number of alkyl halides is 4. The lowest BCUT2D eigenvalue weighted by Crippen LogP contribution is -2.39. The molecule has 0 spiro atoms. The maximum absolute atomic E-state index is 14.1. The molecule has 0 saturated carbocycles. The maximum Gasteiger partial charge on any atom is 0.416 e. The fourth-order valence-electron chi connectivity index (χ4n) is 2.65. The molecule has 27 heavy (non-hydrogen) atoms. The number of benzene rings is 2. The first-order chi connectivity index (χ1) is 12.8. The van der Waals surface area contributed by atoms with Crippen molar-refractivity contribution < 1.29 is 31.8 Å². The van der Waals surface area contributed by atoms with Crippen LogP contribution in [0.2, 0.25) is 0 Å². The van der Waals surface area contributed by atoms with E-state index in [2.05, 4.69) is 11.9 Å². The number of rotatable bonds is 4. The molecule has 0 saturated heterocycles. The fourth-order valence-corrected chi connectivity index (χ4v) is 2.65. The highest BCUT2D eigenvalue weighted by atomic mass is 19.4. The first kappa shape index (κ1) is 18.8. The molecule has 1 N–H and O–H groups in total. The zero-order valence-corrected chi connectivity index (χ0v) is 13.9. The van der Waals surface area contributed by atoms with E-state index in [0.717, 1.165) is 18.2 Å². The van der Waals surface area contributed by atoms with Gasteiger partial charge in [0.25, 0.3) is 0 Å². The normalized spacial score (nSPS) is 18.8. The van der Waals surface area contributed by atoms with Crippen LogP contribution >= 0.6 is 0 Å². The standard InChI is InChI=1S/C19H15F4NO3/c1-2-17(25)24-18-14-8-7-13(9-16(14)26-10-15(18)20)27-12-5-3-11(4-6-12)19(21,22)23/h2-9,15,18H,1,10H2,(H,24,25)/t15-,18+/m0/s1. The lowest BCUT2D eigenvalue weighted by molar-refractivity contribution is -0.137. The minimum atomic E-state index is -4.42. The van der Waals surface area contributed by atoms with Gasteiger partial charge >= 0.3 is 6.18 Å². The second-order valence-corrected chi connectivity index (χ2v) is 5.84. The van der Waals surface area contributed by atoms with Crippen molar-refractivity contribution >= 4 is 5.91 Å². The van der Waals surface area contributed by atoms with Crippen molar-refractivity contribution in [2.75, 3.05) is 6.61 Å². The van der Waals surface area contributed by atoms with Gasteiger partial charge < -0.3 is 14.8 Å². The SMILES string of the molecule is C=CC(=O)N[C@@H]1c2ccc(Oc3ccc(C(F)(F)F)cc3)cc2OC[C@@H]1F. The number of ether oxygens (including phenoxy) is 2. The highest BCUT2D eigenvalue weighted by Crippen LogP contribution is 2.38. The Morgan fingerprint density at radius 1 is 1.19 bits per heavy atom. The van der Waals surface area contributed by atoms with E-state index < -0.39 is 29.9 Å². The Labute approximate surface area is 152 Å². The van der Waals surface area contributed by atoms with E-state index in [1.807, 2.05) is 0 Å². The van der Waals surface area contributed by atoms with Gasteiger partial charge in [-0.2, -0.15) is 13.2 Å². The number of amides is 1. The van der Waals surface area contributed by atoms with E-state index >= 15 is 0 Å². The second-order valence-electron chi connectivity index (χ2n) is 5.84. The maximum atomic E-state index is 14.1. The third kappa shape index (κ3) is 4.21. The number of hydrogen-bond acceptors (Lipinski definition) is 3. The molecule has 0 unspecified atom stereocenters. The van der Waals surface area contributed by atoms with Crippen LogP contribution in [0.1, 0.15) is 17.2 Å². The van der Waals surface area contributed by atoms with Gasteiger partial charge in [-0.15, -0.1) is 0 Å². The van der Waals surface area contributed by atoms with Crippen molar-refractivity contribution in [3.8, 4) is 17.2 Å². The van der Waals surface area contributed by atoms with E-state index in [0.29, 0.717) is 17.1 Å². The molecule has 0 aromatic heterocycles. The van der Waals surface area contributed by atoms with Gasteiger partial charge in [0.05, 0.1) is 11.6 Å². The molecule has 0 radical (unpaired) electrons. The summed E-state index contributed by atoms with van der Waals surface area (Å²) in [5, 5.41) is 2.50. The molecule has 0 bridgehead atoms. The number of hydrogen-bond donors (Lipinski definition) is 1. The van der Waals surface area contributed by atoms with E-state index in [-0.39, 0.29) is 12.4 Å². The molecule has 2 aromatic rings. The van der Waals surface area contributed by atoms with Gasteiger partial charge in [-0.05, 0) is 42.5 Å². The highest BCUT2D eigenvalue weighted by molar-refractivity contribution is 5.87. The van der Waals surface area contributed by atoms with Crippen LogP contribution in [0.5, 0.6) is 17.2 Å². The third-order valence-electron chi connectivity index (χ3n) is 3.98. The van der Waals surface area contributed by atoms with Crippen LogP contribution in [0.4, 0.5) is 17.6 Å². The summed E-state index contributed by atoms with van der Waals surface area (Å²) in [5.74, 6) is 0.321. The summed E-state index contributed by atoms with van der Waals surface area (Å²) in [5.41, 5.74) is -0.345. The average Bonchev–Trinajstić information content (AvgIpc) is 2.63. The molecule has 142 valence electrons. The van der Waals surface area contributed by atoms with Crippen LogP contribution in [-0.4, -0.2) is 18.7 Å². The Morgan fingerprint density at radius 3 is 2.48 bits per heavy atom. The zero-order valence-electron chi connectivity index (χ0n) is 13.9. The summed E-state index contributed by atoms with van der Waals surface area (Å²) >= 11 is 0. The molecule has 1 heterocycles. The zero-order chi connectivity index (χ0) is 19.6. The van der Waals surface area contributed by atoms with Gasteiger partial charge in [-0.25, -0.2) is 4.39 Å².